The van der Waals surface area contributed by atoms with Crippen molar-refractivity contribution in [3.05, 3.63) is 69.8 Å². The van der Waals surface area contributed by atoms with Crippen LogP contribution in [0.25, 0.3) is 33.1 Å². The first-order valence-electron chi connectivity index (χ1n) is 8.65. The van der Waals surface area contributed by atoms with Gasteiger partial charge in [-0.2, -0.15) is 0 Å². The molecule has 0 atom stereocenters. The number of nitrogens with zero attached hydrogens (tertiary/aromatic N) is 1. The van der Waals surface area contributed by atoms with Crippen LogP contribution in [-0.2, 0) is 6.54 Å². The molecule has 2 aromatic heterocycles. The Kier molecular flexibility index (Phi) is 3.93. The van der Waals surface area contributed by atoms with Crippen LogP contribution in [0.15, 0.2) is 56.1 Å². The van der Waals surface area contributed by atoms with E-state index in [1.54, 1.807) is 6.07 Å². The molecule has 0 aliphatic carbocycles. The van der Waals surface area contributed by atoms with E-state index in [0.29, 0.717) is 5.58 Å². The summed E-state index contributed by atoms with van der Waals surface area (Å²) in [6.45, 7) is 4.76. The summed E-state index contributed by atoms with van der Waals surface area (Å²) in [5, 5.41) is 2.00. The Bertz CT molecular complexity index is 1170. The summed E-state index contributed by atoms with van der Waals surface area (Å²) in [7, 11) is 4.03. The van der Waals surface area contributed by atoms with Crippen LogP contribution in [0.2, 0.25) is 0 Å². The fourth-order valence-electron chi connectivity index (χ4n) is 3.49. The summed E-state index contributed by atoms with van der Waals surface area (Å²) in [4.78, 5) is 14.3. The standard InChI is InChI=1S/C22H21NO3/c1-13-16-10-18-17(15-8-6-5-7-9-15)11-20(24)26-22(18)14(2)21(16)25-19(13)12-23(3)4/h5-11H,12H2,1-4H3. The molecule has 0 fully saturated rings. The smallest absolute Gasteiger partial charge is 0.336 e. The van der Waals surface area contributed by atoms with Crippen LogP contribution in [0.3, 0.4) is 0 Å². The summed E-state index contributed by atoms with van der Waals surface area (Å²) < 4.78 is 11.7. The van der Waals surface area contributed by atoms with E-state index in [9.17, 15) is 4.79 Å². The minimum Gasteiger partial charge on any atom is -0.459 e. The molecule has 0 aliphatic heterocycles. The lowest BCUT2D eigenvalue weighted by Gasteiger charge is -2.08. The van der Waals surface area contributed by atoms with Crippen LogP contribution >= 0.6 is 0 Å². The van der Waals surface area contributed by atoms with Gasteiger partial charge in [-0.15, -0.1) is 0 Å². The molecule has 0 saturated heterocycles. The first-order valence-corrected chi connectivity index (χ1v) is 8.65. The summed E-state index contributed by atoms with van der Waals surface area (Å²) in [5.41, 5.74) is 4.91. The van der Waals surface area contributed by atoms with Gasteiger partial charge in [0.2, 0.25) is 0 Å². The third-order valence-corrected chi connectivity index (χ3v) is 4.81. The van der Waals surface area contributed by atoms with Gasteiger partial charge in [0, 0.05) is 22.4 Å². The van der Waals surface area contributed by atoms with Crippen molar-refractivity contribution in [2.45, 2.75) is 20.4 Å². The Labute approximate surface area is 151 Å². The molecule has 0 aliphatic rings. The molecule has 4 nitrogen and oxygen atoms in total. The Morgan fingerprint density at radius 1 is 0.885 bits per heavy atom. The second-order valence-corrected chi connectivity index (χ2v) is 6.99. The third kappa shape index (κ3) is 2.63. The van der Waals surface area contributed by atoms with Crippen LogP contribution in [0, 0.1) is 13.8 Å². The van der Waals surface area contributed by atoms with E-state index in [1.807, 2.05) is 51.4 Å². The van der Waals surface area contributed by atoms with Gasteiger partial charge in [0.05, 0.1) is 6.54 Å². The molecule has 4 aromatic rings. The number of hydrogen-bond acceptors (Lipinski definition) is 4. The van der Waals surface area contributed by atoms with Crippen molar-refractivity contribution in [1.82, 2.24) is 4.90 Å². The van der Waals surface area contributed by atoms with E-state index in [4.69, 9.17) is 8.83 Å². The van der Waals surface area contributed by atoms with Crippen LogP contribution in [0.5, 0.6) is 0 Å². The van der Waals surface area contributed by atoms with Gasteiger partial charge in [-0.3, -0.25) is 0 Å². The molecule has 26 heavy (non-hydrogen) atoms. The quantitative estimate of drug-likeness (QED) is 0.495. The minimum absolute atomic E-state index is 0.351. The first-order chi connectivity index (χ1) is 12.5. The van der Waals surface area contributed by atoms with Gasteiger partial charge in [-0.25, -0.2) is 4.79 Å². The van der Waals surface area contributed by atoms with Crippen molar-refractivity contribution in [2.75, 3.05) is 14.1 Å². The molecule has 2 heterocycles. The van der Waals surface area contributed by atoms with Gasteiger partial charge >= 0.3 is 5.63 Å². The van der Waals surface area contributed by atoms with Crippen LogP contribution in [0.4, 0.5) is 0 Å². The highest BCUT2D eigenvalue weighted by molar-refractivity contribution is 6.04. The maximum absolute atomic E-state index is 12.2. The van der Waals surface area contributed by atoms with Crippen LogP contribution in [-0.4, -0.2) is 19.0 Å². The van der Waals surface area contributed by atoms with E-state index >= 15 is 0 Å². The Balaban J connectivity index is 2.09. The molecule has 4 heteroatoms. The molecule has 0 saturated carbocycles. The third-order valence-electron chi connectivity index (χ3n) is 4.81. The van der Waals surface area contributed by atoms with Crippen LogP contribution in [0.1, 0.15) is 16.9 Å². The van der Waals surface area contributed by atoms with Gasteiger partial charge in [0.25, 0.3) is 0 Å². The van der Waals surface area contributed by atoms with E-state index in [-0.39, 0.29) is 5.63 Å². The molecule has 4 rings (SSSR count). The van der Waals surface area contributed by atoms with Gasteiger partial charge in [0.15, 0.2) is 0 Å². The molecule has 0 radical (unpaired) electrons. The molecule has 0 unspecified atom stereocenters. The fraction of sp³-hybridized carbons (Fsp3) is 0.227. The fourth-order valence-corrected chi connectivity index (χ4v) is 3.49. The highest BCUT2D eigenvalue weighted by atomic mass is 16.4. The highest BCUT2D eigenvalue weighted by Gasteiger charge is 2.19. The predicted molar refractivity (Wildman–Crippen MR) is 105 cm³/mol. The monoisotopic (exact) mass is 347 g/mol. The van der Waals surface area contributed by atoms with Crippen molar-refractivity contribution < 1.29 is 8.83 Å². The zero-order chi connectivity index (χ0) is 18.4. The van der Waals surface area contributed by atoms with Crippen LogP contribution < -0.4 is 5.63 Å². The Hall–Kier alpha value is -2.85. The molecule has 0 N–H and O–H groups in total. The maximum Gasteiger partial charge on any atom is 0.336 e. The van der Waals surface area contributed by atoms with Gasteiger partial charge in [0.1, 0.15) is 16.9 Å². The average molecular weight is 347 g/mol. The van der Waals surface area contributed by atoms with Crippen molar-refractivity contribution in [3.63, 3.8) is 0 Å². The number of aryl methyl sites for hydroxylation is 2. The topological polar surface area (TPSA) is 46.6 Å². The van der Waals surface area contributed by atoms with Crippen molar-refractivity contribution in [1.29, 1.82) is 0 Å². The average Bonchev–Trinajstić information content (AvgIpc) is 2.92. The highest BCUT2D eigenvalue weighted by Crippen LogP contribution is 2.37. The second kappa shape index (κ2) is 6.15. The van der Waals surface area contributed by atoms with Gasteiger partial charge < -0.3 is 13.7 Å². The van der Waals surface area contributed by atoms with Crippen molar-refractivity contribution in [3.8, 4) is 11.1 Å². The molecular formula is C22H21NO3. The van der Waals surface area contributed by atoms with Crippen molar-refractivity contribution in [2.24, 2.45) is 0 Å². The second-order valence-electron chi connectivity index (χ2n) is 6.99. The van der Waals surface area contributed by atoms with Crippen molar-refractivity contribution >= 4 is 21.9 Å². The normalized spacial score (nSPS) is 11.7. The summed E-state index contributed by atoms with van der Waals surface area (Å²) >= 11 is 0. The number of fused-ring (bicyclic) bond motifs is 2. The minimum atomic E-state index is -0.351. The Morgan fingerprint density at radius 2 is 1.58 bits per heavy atom. The number of rotatable bonds is 3. The predicted octanol–water partition coefficient (Wildman–Crippen LogP) is 4.88. The number of benzene rings is 2. The Morgan fingerprint density at radius 3 is 2.27 bits per heavy atom. The van der Waals surface area contributed by atoms with E-state index < -0.39 is 0 Å². The number of hydrogen-bond donors (Lipinski definition) is 0. The first kappa shape index (κ1) is 16.6. The molecule has 2 aromatic carbocycles. The maximum atomic E-state index is 12.2. The lowest BCUT2D eigenvalue weighted by molar-refractivity contribution is 0.356. The number of furan rings is 1. The summed E-state index contributed by atoms with van der Waals surface area (Å²) in [6.07, 6.45) is 0. The lowest BCUT2D eigenvalue weighted by Crippen LogP contribution is -2.10. The zero-order valence-corrected chi connectivity index (χ0v) is 15.4. The van der Waals surface area contributed by atoms with E-state index in [1.165, 1.54) is 0 Å². The zero-order valence-electron chi connectivity index (χ0n) is 15.4. The summed E-state index contributed by atoms with van der Waals surface area (Å²) in [5.74, 6) is 0.937. The molecular weight excluding hydrogens is 326 g/mol. The SMILES string of the molecule is Cc1c(CN(C)C)oc2c(C)c3oc(=O)cc(-c4ccccc4)c3cc12. The molecule has 0 spiro atoms. The van der Waals surface area contributed by atoms with E-state index in [2.05, 4.69) is 17.9 Å². The summed E-state index contributed by atoms with van der Waals surface area (Å²) in [6, 6.07) is 13.6. The van der Waals surface area contributed by atoms with E-state index in [0.717, 1.165) is 50.9 Å². The van der Waals surface area contributed by atoms with Gasteiger partial charge in [-0.1, -0.05) is 30.3 Å². The molecule has 0 amide bonds. The van der Waals surface area contributed by atoms with Gasteiger partial charge in [-0.05, 0) is 50.7 Å². The largest absolute Gasteiger partial charge is 0.459 e. The lowest BCUT2D eigenvalue weighted by atomic mass is 9.98. The molecule has 132 valence electrons. The molecule has 0 bridgehead atoms.